The van der Waals surface area contributed by atoms with Crippen LogP contribution in [-0.4, -0.2) is 26.2 Å². The third-order valence-electron chi connectivity index (χ3n) is 4.34. The Kier molecular flexibility index (Phi) is 4.50. The van der Waals surface area contributed by atoms with Crippen molar-refractivity contribution in [3.05, 3.63) is 52.6 Å². The zero-order valence-electron chi connectivity index (χ0n) is 14.5. The molecule has 0 saturated carbocycles. The van der Waals surface area contributed by atoms with Gasteiger partial charge in [0.25, 0.3) is 0 Å². The molecule has 2 aromatic rings. The minimum Gasteiger partial charge on any atom is -0.508 e. The summed E-state index contributed by atoms with van der Waals surface area (Å²) in [5, 5.41) is 39.7. The van der Waals surface area contributed by atoms with Gasteiger partial charge in [0.1, 0.15) is 28.9 Å². The van der Waals surface area contributed by atoms with Gasteiger partial charge in [-0.15, -0.1) is 0 Å². The number of benzene rings is 2. The van der Waals surface area contributed by atoms with Gasteiger partial charge in [-0.2, -0.15) is 0 Å². The number of hydrogen-bond donors (Lipinski definition) is 4. The van der Waals surface area contributed by atoms with Gasteiger partial charge in [0.15, 0.2) is 17.3 Å². The molecule has 6 nitrogen and oxygen atoms in total. The third kappa shape index (κ3) is 3.18. The molecule has 6 heteroatoms. The normalized spacial score (nSPS) is 15.9. The van der Waals surface area contributed by atoms with Crippen molar-refractivity contribution < 1.29 is 30.0 Å². The summed E-state index contributed by atoms with van der Waals surface area (Å²) in [6, 6.07) is 5.32. The van der Waals surface area contributed by atoms with Crippen LogP contribution in [0.3, 0.4) is 0 Å². The smallest absolute Gasteiger partial charge is 0.174 e. The highest BCUT2D eigenvalue weighted by atomic mass is 16.5. The number of carbonyl (C=O) groups is 1. The molecule has 26 heavy (non-hydrogen) atoms. The SMILES string of the molecule is CC(C)=CCc1c(C2CC(=O)c3c(O)cc(O)cc3O2)ccc(O)c1O. The second kappa shape index (κ2) is 6.63. The average Bonchev–Trinajstić information content (AvgIpc) is 2.54. The Morgan fingerprint density at radius 3 is 2.58 bits per heavy atom. The Hall–Kier alpha value is -3.15. The first-order valence-electron chi connectivity index (χ1n) is 8.20. The van der Waals surface area contributed by atoms with Crippen LogP contribution in [0.25, 0.3) is 0 Å². The van der Waals surface area contributed by atoms with E-state index in [2.05, 4.69) is 0 Å². The van der Waals surface area contributed by atoms with Crippen molar-refractivity contribution in [1.82, 2.24) is 0 Å². The van der Waals surface area contributed by atoms with Crippen LogP contribution in [0.2, 0.25) is 0 Å². The number of hydrogen-bond acceptors (Lipinski definition) is 6. The van der Waals surface area contributed by atoms with Crippen molar-refractivity contribution in [3.63, 3.8) is 0 Å². The van der Waals surface area contributed by atoms with Crippen molar-refractivity contribution in [3.8, 4) is 28.7 Å². The van der Waals surface area contributed by atoms with Crippen LogP contribution in [0.4, 0.5) is 0 Å². The maximum atomic E-state index is 12.5. The molecular weight excluding hydrogens is 336 g/mol. The van der Waals surface area contributed by atoms with Gasteiger partial charge in [0.2, 0.25) is 0 Å². The van der Waals surface area contributed by atoms with E-state index >= 15 is 0 Å². The summed E-state index contributed by atoms with van der Waals surface area (Å²) in [5.41, 5.74) is 2.11. The van der Waals surface area contributed by atoms with E-state index in [-0.39, 0.29) is 46.5 Å². The number of carbonyl (C=O) groups excluding carboxylic acids is 1. The van der Waals surface area contributed by atoms with E-state index < -0.39 is 6.10 Å². The quantitative estimate of drug-likeness (QED) is 0.493. The van der Waals surface area contributed by atoms with Crippen LogP contribution in [0.5, 0.6) is 28.7 Å². The summed E-state index contributed by atoms with van der Waals surface area (Å²) in [6.45, 7) is 3.84. The molecule has 1 heterocycles. The van der Waals surface area contributed by atoms with Crippen molar-refractivity contribution >= 4 is 5.78 Å². The Balaban J connectivity index is 2.06. The van der Waals surface area contributed by atoms with Gasteiger partial charge in [0.05, 0.1) is 6.42 Å². The van der Waals surface area contributed by atoms with Crippen molar-refractivity contribution in [1.29, 1.82) is 0 Å². The van der Waals surface area contributed by atoms with E-state index in [0.717, 1.165) is 11.6 Å². The Labute approximate surface area is 150 Å². The number of aromatic hydroxyl groups is 4. The number of Topliss-reactive ketones (excluding diaryl/α,β-unsaturated/α-hetero) is 1. The fourth-order valence-corrected chi connectivity index (χ4v) is 3.06. The van der Waals surface area contributed by atoms with Gasteiger partial charge in [-0.25, -0.2) is 0 Å². The molecule has 0 saturated heterocycles. The van der Waals surface area contributed by atoms with Gasteiger partial charge >= 0.3 is 0 Å². The number of fused-ring (bicyclic) bond motifs is 1. The van der Waals surface area contributed by atoms with E-state index in [1.807, 2.05) is 19.9 Å². The zero-order valence-corrected chi connectivity index (χ0v) is 14.5. The summed E-state index contributed by atoms with van der Waals surface area (Å²) < 4.78 is 5.84. The molecule has 0 aliphatic carbocycles. The van der Waals surface area contributed by atoms with Gasteiger partial charge in [-0.1, -0.05) is 17.7 Å². The molecule has 4 N–H and O–H groups in total. The second-order valence-electron chi connectivity index (χ2n) is 6.56. The molecule has 1 atom stereocenters. The van der Waals surface area contributed by atoms with Crippen LogP contribution >= 0.6 is 0 Å². The van der Waals surface area contributed by atoms with Gasteiger partial charge < -0.3 is 25.2 Å². The topological polar surface area (TPSA) is 107 Å². The highest BCUT2D eigenvalue weighted by Crippen LogP contribution is 2.44. The third-order valence-corrected chi connectivity index (χ3v) is 4.34. The minimum absolute atomic E-state index is 0.0304. The number of ether oxygens (including phenoxy) is 1. The molecule has 1 aliphatic rings. The maximum Gasteiger partial charge on any atom is 0.174 e. The van der Waals surface area contributed by atoms with E-state index in [0.29, 0.717) is 17.5 Å². The number of phenolic OH excluding ortho intramolecular Hbond substituents is 4. The largest absolute Gasteiger partial charge is 0.508 e. The average molecular weight is 356 g/mol. The number of allylic oxidation sites excluding steroid dienone is 2. The molecule has 0 bridgehead atoms. The fraction of sp³-hybridized carbons (Fsp3) is 0.250. The summed E-state index contributed by atoms with van der Waals surface area (Å²) in [5.74, 6) is -1.28. The molecular formula is C20H20O6. The van der Waals surface area contributed by atoms with Crippen LogP contribution in [-0.2, 0) is 6.42 Å². The predicted octanol–water partition coefficient (Wildman–Crippen LogP) is 3.72. The summed E-state index contributed by atoms with van der Waals surface area (Å²) in [7, 11) is 0. The number of ketones is 1. The van der Waals surface area contributed by atoms with E-state index in [9.17, 15) is 25.2 Å². The molecule has 1 unspecified atom stereocenters. The predicted molar refractivity (Wildman–Crippen MR) is 95.0 cm³/mol. The highest BCUT2D eigenvalue weighted by molar-refractivity contribution is 6.02. The van der Waals surface area contributed by atoms with Crippen LogP contribution < -0.4 is 4.74 Å². The van der Waals surface area contributed by atoms with Gasteiger partial charge in [0, 0.05) is 23.3 Å². The first-order chi connectivity index (χ1) is 12.3. The standard InChI is InChI=1S/C20H20O6/c1-10(2)3-4-13-12(5-6-14(22)20(13)25)17-9-16(24)19-15(23)7-11(21)8-18(19)26-17/h3,5-8,17,21-23,25H,4,9H2,1-2H3. The molecule has 2 aromatic carbocycles. The number of rotatable bonds is 3. The van der Waals surface area contributed by atoms with Crippen LogP contribution in [0, 0.1) is 0 Å². The Morgan fingerprint density at radius 1 is 1.15 bits per heavy atom. The first kappa shape index (κ1) is 17.7. The van der Waals surface area contributed by atoms with E-state index in [4.69, 9.17) is 4.74 Å². The van der Waals surface area contributed by atoms with Crippen LogP contribution in [0.15, 0.2) is 35.9 Å². The van der Waals surface area contributed by atoms with Crippen LogP contribution in [0.1, 0.15) is 47.9 Å². The fourth-order valence-electron chi connectivity index (χ4n) is 3.06. The van der Waals surface area contributed by atoms with Crippen molar-refractivity contribution in [2.75, 3.05) is 0 Å². The molecule has 0 amide bonds. The lowest BCUT2D eigenvalue weighted by Gasteiger charge is -2.28. The van der Waals surface area contributed by atoms with E-state index in [1.165, 1.54) is 12.1 Å². The lowest BCUT2D eigenvalue weighted by molar-refractivity contribution is 0.0843. The molecule has 136 valence electrons. The molecule has 0 aromatic heterocycles. The van der Waals surface area contributed by atoms with Gasteiger partial charge in [-0.05, 0) is 26.3 Å². The lowest BCUT2D eigenvalue weighted by atomic mass is 9.91. The van der Waals surface area contributed by atoms with Gasteiger partial charge in [-0.3, -0.25) is 4.79 Å². The summed E-state index contributed by atoms with van der Waals surface area (Å²) in [4.78, 5) is 12.5. The lowest BCUT2D eigenvalue weighted by Crippen LogP contribution is -2.21. The Bertz CT molecular complexity index is 909. The summed E-state index contributed by atoms with van der Waals surface area (Å²) >= 11 is 0. The van der Waals surface area contributed by atoms with Crippen molar-refractivity contribution in [2.45, 2.75) is 32.8 Å². The Morgan fingerprint density at radius 2 is 1.88 bits per heavy atom. The molecule has 0 fully saturated rings. The highest BCUT2D eigenvalue weighted by Gasteiger charge is 2.32. The molecule has 0 radical (unpaired) electrons. The zero-order chi connectivity index (χ0) is 19.0. The monoisotopic (exact) mass is 356 g/mol. The molecule has 1 aliphatic heterocycles. The summed E-state index contributed by atoms with van der Waals surface area (Å²) in [6.07, 6.45) is 1.53. The molecule has 0 spiro atoms. The maximum absolute atomic E-state index is 12.5. The number of phenols is 4. The molecule has 3 rings (SSSR count). The van der Waals surface area contributed by atoms with E-state index in [1.54, 1.807) is 6.07 Å². The second-order valence-corrected chi connectivity index (χ2v) is 6.56. The van der Waals surface area contributed by atoms with Crippen molar-refractivity contribution in [2.24, 2.45) is 0 Å². The minimum atomic E-state index is -0.705. The first-order valence-corrected chi connectivity index (χ1v) is 8.20.